The van der Waals surface area contributed by atoms with Gasteiger partial charge in [0.25, 0.3) is 5.71 Å². The molecule has 0 atom stereocenters. The zero-order valence-corrected chi connectivity index (χ0v) is 15.9. The number of halogens is 1. The lowest BCUT2D eigenvalue weighted by atomic mass is 10.1. The highest BCUT2D eigenvalue weighted by molar-refractivity contribution is 5.73. The number of fused-ring (bicyclic) bond motifs is 1. The van der Waals surface area contributed by atoms with Crippen LogP contribution in [0.5, 0.6) is 17.5 Å². The summed E-state index contributed by atoms with van der Waals surface area (Å²) in [5.74, 6) is -0.645. The average molecular weight is 410 g/mol. The predicted octanol–water partition coefficient (Wildman–Crippen LogP) is 3.69. The highest BCUT2D eigenvalue weighted by atomic mass is 19.1. The molecule has 0 spiro atoms. The smallest absolute Gasteiger partial charge is 0.341 e. The van der Waals surface area contributed by atoms with Crippen LogP contribution < -0.4 is 9.47 Å². The van der Waals surface area contributed by atoms with Gasteiger partial charge in [0.1, 0.15) is 17.1 Å². The van der Waals surface area contributed by atoms with E-state index in [-0.39, 0.29) is 17.5 Å². The Labute approximate surface area is 169 Å². The molecule has 10 heteroatoms. The quantitative estimate of drug-likeness (QED) is 0.507. The first-order valence-corrected chi connectivity index (χ1v) is 8.77. The fourth-order valence-corrected chi connectivity index (χ4v) is 2.88. The number of rotatable bonds is 6. The van der Waals surface area contributed by atoms with Crippen molar-refractivity contribution in [2.24, 2.45) is 0 Å². The second-order valence-electron chi connectivity index (χ2n) is 6.42. The molecule has 1 N–H and O–H groups in total. The molecule has 4 aromatic rings. The van der Waals surface area contributed by atoms with E-state index in [4.69, 9.17) is 19.0 Å². The van der Waals surface area contributed by atoms with Crippen LogP contribution in [0.25, 0.3) is 22.7 Å². The van der Waals surface area contributed by atoms with Gasteiger partial charge in [0.15, 0.2) is 12.4 Å². The minimum Gasteiger partial charge on any atom is -0.481 e. The molecule has 0 saturated heterocycles. The average Bonchev–Trinajstić information content (AvgIpc) is 3.10. The summed E-state index contributed by atoms with van der Waals surface area (Å²) < 4.78 is 29.7. The van der Waals surface area contributed by atoms with Gasteiger partial charge in [-0.15, -0.1) is 0 Å². The maximum Gasteiger partial charge on any atom is 0.341 e. The maximum absolute atomic E-state index is 13.2. The van der Waals surface area contributed by atoms with Crippen molar-refractivity contribution in [2.75, 3.05) is 6.61 Å². The van der Waals surface area contributed by atoms with Gasteiger partial charge in [0.2, 0.25) is 5.89 Å². The molecule has 3 aromatic heterocycles. The van der Waals surface area contributed by atoms with Crippen LogP contribution in [0.2, 0.25) is 0 Å². The monoisotopic (exact) mass is 410 g/mol. The van der Waals surface area contributed by atoms with Crippen molar-refractivity contribution in [1.29, 1.82) is 0 Å². The lowest BCUT2D eigenvalue weighted by Gasteiger charge is -2.11. The summed E-state index contributed by atoms with van der Waals surface area (Å²) in [5.41, 5.74) is 2.75. The minimum atomic E-state index is -1.05. The molecule has 1 aromatic carbocycles. The number of carboxylic acids is 1. The van der Waals surface area contributed by atoms with Gasteiger partial charge < -0.3 is 19.0 Å². The third-order valence-corrected chi connectivity index (χ3v) is 4.07. The number of aliphatic carboxylic acids is 1. The summed E-state index contributed by atoms with van der Waals surface area (Å²) in [6.07, 6.45) is 3.82. The first-order chi connectivity index (χ1) is 14.4. The topological polar surface area (TPSA) is 120 Å². The number of oxazole rings is 1. The zero-order valence-electron chi connectivity index (χ0n) is 15.9. The van der Waals surface area contributed by atoms with E-state index in [9.17, 15) is 9.18 Å². The molecular formula is C20H15FN4O5. The number of carbonyl (C=O) groups is 1. The molecule has 0 aliphatic heterocycles. The Balaban J connectivity index is 1.63. The Morgan fingerprint density at radius 3 is 2.60 bits per heavy atom. The summed E-state index contributed by atoms with van der Waals surface area (Å²) in [6, 6.07) is 4.67. The largest absolute Gasteiger partial charge is 0.481 e. The van der Waals surface area contributed by atoms with E-state index in [0.29, 0.717) is 22.7 Å². The van der Waals surface area contributed by atoms with Crippen LogP contribution in [-0.2, 0) is 4.79 Å². The Morgan fingerprint density at radius 1 is 1.13 bits per heavy atom. The van der Waals surface area contributed by atoms with Crippen molar-refractivity contribution in [3.05, 3.63) is 53.7 Å². The molecule has 0 aliphatic carbocycles. The number of ether oxygens (including phenoxy) is 2. The zero-order chi connectivity index (χ0) is 21.3. The highest BCUT2D eigenvalue weighted by Crippen LogP contribution is 2.31. The highest BCUT2D eigenvalue weighted by Gasteiger charge is 2.15. The first-order valence-electron chi connectivity index (χ1n) is 8.77. The van der Waals surface area contributed by atoms with Crippen LogP contribution in [0.15, 0.2) is 41.2 Å². The van der Waals surface area contributed by atoms with Crippen molar-refractivity contribution >= 4 is 17.2 Å². The Bertz CT molecular complexity index is 1230. The van der Waals surface area contributed by atoms with Gasteiger partial charge >= 0.3 is 12.0 Å². The molecule has 0 fully saturated rings. The number of nitrogens with zero attached hydrogens (tertiary/aromatic N) is 4. The van der Waals surface area contributed by atoms with Crippen LogP contribution >= 0.6 is 0 Å². The van der Waals surface area contributed by atoms with Gasteiger partial charge in [-0.3, -0.25) is 4.98 Å². The summed E-state index contributed by atoms with van der Waals surface area (Å²) in [4.78, 5) is 27.0. The number of hydrogen-bond acceptors (Lipinski definition) is 8. The van der Waals surface area contributed by atoms with Crippen LogP contribution in [0.4, 0.5) is 4.39 Å². The van der Waals surface area contributed by atoms with Gasteiger partial charge in [0, 0.05) is 11.6 Å². The number of carboxylic acid groups (broad SMARTS) is 1. The summed E-state index contributed by atoms with van der Waals surface area (Å²) in [6.45, 7) is 3.17. The number of benzene rings is 1. The molecule has 0 unspecified atom stereocenters. The van der Waals surface area contributed by atoms with Crippen LogP contribution in [0, 0.1) is 19.7 Å². The molecule has 0 radical (unpaired) electrons. The molecular weight excluding hydrogens is 395 g/mol. The van der Waals surface area contributed by atoms with Gasteiger partial charge in [-0.2, -0.15) is 4.98 Å². The lowest BCUT2D eigenvalue weighted by Crippen LogP contribution is -2.10. The van der Waals surface area contributed by atoms with E-state index in [1.54, 1.807) is 26.0 Å². The minimum absolute atomic E-state index is 0.0395. The SMILES string of the molecule is Cc1cc(-c2nc3cnc(Oc4cncc(F)c4)nc3o2)cc(C)c1OCC(=O)O. The van der Waals surface area contributed by atoms with Crippen molar-refractivity contribution in [3.8, 4) is 29.0 Å². The number of aryl methyl sites for hydroxylation is 2. The fraction of sp³-hybridized carbons (Fsp3) is 0.150. The van der Waals surface area contributed by atoms with Crippen LogP contribution in [-0.4, -0.2) is 37.6 Å². The fourth-order valence-electron chi connectivity index (χ4n) is 2.88. The third-order valence-electron chi connectivity index (χ3n) is 4.07. The van der Waals surface area contributed by atoms with E-state index < -0.39 is 18.4 Å². The Kier molecular flexibility index (Phi) is 4.97. The van der Waals surface area contributed by atoms with Crippen molar-refractivity contribution in [3.63, 3.8) is 0 Å². The lowest BCUT2D eigenvalue weighted by molar-refractivity contribution is -0.139. The molecule has 0 aliphatic rings. The van der Waals surface area contributed by atoms with E-state index in [1.807, 2.05) is 0 Å². The second kappa shape index (κ2) is 7.74. The van der Waals surface area contributed by atoms with Crippen LogP contribution in [0.1, 0.15) is 11.1 Å². The van der Waals surface area contributed by atoms with Crippen LogP contribution in [0.3, 0.4) is 0 Å². The normalized spacial score (nSPS) is 10.9. The molecule has 3 heterocycles. The van der Waals surface area contributed by atoms with Gasteiger partial charge in [-0.1, -0.05) is 0 Å². The van der Waals surface area contributed by atoms with Crippen molar-refractivity contribution < 1.29 is 28.2 Å². The van der Waals surface area contributed by atoms with Gasteiger partial charge in [-0.05, 0) is 37.1 Å². The van der Waals surface area contributed by atoms with E-state index in [0.717, 1.165) is 23.4 Å². The number of aromatic nitrogens is 4. The van der Waals surface area contributed by atoms with Crippen molar-refractivity contribution in [1.82, 2.24) is 19.9 Å². The van der Waals surface area contributed by atoms with Gasteiger partial charge in [0.05, 0.1) is 18.6 Å². The molecule has 0 bridgehead atoms. The molecule has 9 nitrogen and oxygen atoms in total. The Morgan fingerprint density at radius 2 is 1.90 bits per heavy atom. The predicted molar refractivity (Wildman–Crippen MR) is 102 cm³/mol. The van der Waals surface area contributed by atoms with Crippen molar-refractivity contribution in [2.45, 2.75) is 13.8 Å². The van der Waals surface area contributed by atoms with E-state index in [1.165, 1.54) is 12.4 Å². The summed E-state index contributed by atoms with van der Waals surface area (Å²) in [5, 5.41) is 8.80. The standard InChI is InChI=1S/C20H15FN4O5/c1-10-3-12(4-11(2)17(10)28-9-16(26)27)18-24-15-8-23-20(25-19(15)30-18)29-14-5-13(21)6-22-7-14/h3-8H,9H2,1-2H3,(H,26,27). The molecule has 0 amide bonds. The molecule has 152 valence electrons. The second-order valence-corrected chi connectivity index (χ2v) is 6.42. The summed E-state index contributed by atoms with van der Waals surface area (Å²) >= 11 is 0. The van der Waals surface area contributed by atoms with Gasteiger partial charge in [-0.25, -0.2) is 19.2 Å². The number of hydrogen-bond donors (Lipinski definition) is 1. The first kappa shape index (κ1) is 19.2. The third kappa shape index (κ3) is 4.02. The Hall–Kier alpha value is -4.08. The van der Waals surface area contributed by atoms with E-state index >= 15 is 0 Å². The van der Waals surface area contributed by atoms with E-state index in [2.05, 4.69) is 19.9 Å². The molecule has 30 heavy (non-hydrogen) atoms. The maximum atomic E-state index is 13.2. The molecule has 0 saturated carbocycles. The number of pyridine rings is 1. The summed E-state index contributed by atoms with van der Waals surface area (Å²) in [7, 11) is 0. The molecule has 4 rings (SSSR count).